The fourth-order valence-electron chi connectivity index (χ4n) is 3.27. The summed E-state index contributed by atoms with van der Waals surface area (Å²) in [5, 5.41) is 0. The number of hydrogen-bond acceptors (Lipinski definition) is 2. The van der Waals surface area contributed by atoms with Crippen LogP contribution < -0.4 is 4.74 Å². The molecule has 2 aromatic carbocycles. The molecular weight excluding hydrogens is 296 g/mol. The third kappa shape index (κ3) is 2.89. The van der Waals surface area contributed by atoms with Crippen molar-refractivity contribution in [2.24, 2.45) is 0 Å². The average molecular weight is 320 g/mol. The number of rotatable bonds is 3. The molecule has 3 rings (SSSR count). The Labute approximate surface area is 144 Å². The zero-order valence-electron chi connectivity index (χ0n) is 14.9. The lowest BCUT2D eigenvalue weighted by atomic mass is 9.78. The maximum atomic E-state index is 11.4. The number of Topliss-reactive ketones (excluding diaryl/α,β-unsaturated/α-hetero) is 1. The Morgan fingerprint density at radius 1 is 1.12 bits per heavy atom. The minimum absolute atomic E-state index is 0.0796. The van der Waals surface area contributed by atoms with Gasteiger partial charge in [0, 0.05) is 11.1 Å². The van der Waals surface area contributed by atoms with Crippen molar-refractivity contribution < 1.29 is 9.53 Å². The summed E-state index contributed by atoms with van der Waals surface area (Å²) in [6.45, 7) is 13.3. The number of ether oxygens (including phenoxy) is 1. The van der Waals surface area contributed by atoms with Crippen LogP contribution in [-0.2, 0) is 5.41 Å². The molecule has 0 aromatic heterocycles. The molecule has 1 aliphatic rings. The van der Waals surface area contributed by atoms with E-state index in [0.29, 0.717) is 0 Å². The maximum Gasteiger partial charge on any atom is 0.159 e. The quantitative estimate of drug-likeness (QED) is 0.716. The van der Waals surface area contributed by atoms with Crippen LogP contribution >= 0.6 is 0 Å². The summed E-state index contributed by atoms with van der Waals surface area (Å²) in [5.41, 5.74) is 6.40. The van der Waals surface area contributed by atoms with Crippen LogP contribution in [0.3, 0.4) is 0 Å². The van der Waals surface area contributed by atoms with Crippen molar-refractivity contribution in [2.45, 2.75) is 39.5 Å². The van der Waals surface area contributed by atoms with E-state index in [2.05, 4.69) is 39.5 Å². The fraction of sp³-hybridized carbons (Fsp3) is 0.318. The predicted molar refractivity (Wildman–Crippen MR) is 98.9 cm³/mol. The van der Waals surface area contributed by atoms with Crippen LogP contribution in [-0.4, -0.2) is 12.4 Å². The molecule has 0 atom stereocenters. The molecule has 0 saturated carbocycles. The van der Waals surface area contributed by atoms with Gasteiger partial charge in [-0.05, 0) is 60.1 Å². The van der Waals surface area contributed by atoms with Gasteiger partial charge in [-0.2, -0.15) is 0 Å². The van der Waals surface area contributed by atoms with E-state index in [-0.39, 0.29) is 11.2 Å². The zero-order valence-corrected chi connectivity index (χ0v) is 14.9. The van der Waals surface area contributed by atoms with Crippen LogP contribution in [0.25, 0.3) is 5.57 Å². The lowest BCUT2D eigenvalue weighted by Crippen LogP contribution is -2.27. The fourth-order valence-corrected chi connectivity index (χ4v) is 3.27. The van der Waals surface area contributed by atoms with Crippen molar-refractivity contribution in [1.82, 2.24) is 0 Å². The monoisotopic (exact) mass is 320 g/mol. The van der Waals surface area contributed by atoms with Gasteiger partial charge in [-0.3, -0.25) is 4.79 Å². The first-order chi connectivity index (χ1) is 11.3. The standard InChI is InChI=1S/C22H24O2/c1-14-12-21-20(22(4,5)10-11-24-21)13-19(14)15(2)17-6-8-18(9-7-17)16(3)23/h6-9,12-13H,2,10-11H2,1,3-5H3. The number of benzene rings is 2. The van der Waals surface area contributed by atoms with Gasteiger partial charge in [0.15, 0.2) is 5.78 Å². The van der Waals surface area contributed by atoms with Gasteiger partial charge in [-0.1, -0.05) is 44.7 Å². The Balaban J connectivity index is 2.02. The lowest BCUT2D eigenvalue weighted by molar-refractivity contribution is 0.101. The Morgan fingerprint density at radius 2 is 1.75 bits per heavy atom. The molecule has 2 aromatic rings. The number of carbonyl (C=O) groups is 1. The van der Waals surface area contributed by atoms with Gasteiger partial charge in [-0.15, -0.1) is 0 Å². The lowest BCUT2D eigenvalue weighted by Gasteiger charge is -2.33. The highest BCUT2D eigenvalue weighted by atomic mass is 16.5. The minimum Gasteiger partial charge on any atom is -0.493 e. The highest BCUT2D eigenvalue weighted by Gasteiger charge is 2.29. The summed E-state index contributed by atoms with van der Waals surface area (Å²) < 4.78 is 5.86. The SMILES string of the molecule is C=C(c1ccc(C(C)=O)cc1)c1cc2c(cc1C)OCCC2(C)C. The Hall–Kier alpha value is -2.35. The molecule has 0 unspecified atom stereocenters. The van der Waals surface area contributed by atoms with Crippen LogP contribution in [0.5, 0.6) is 5.75 Å². The minimum atomic E-state index is 0.0796. The molecule has 24 heavy (non-hydrogen) atoms. The van der Waals surface area contributed by atoms with Gasteiger partial charge in [-0.25, -0.2) is 0 Å². The van der Waals surface area contributed by atoms with E-state index in [1.807, 2.05) is 24.3 Å². The number of carbonyl (C=O) groups excluding carboxylic acids is 1. The molecular formula is C22H24O2. The van der Waals surface area contributed by atoms with E-state index in [1.165, 1.54) is 5.56 Å². The van der Waals surface area contributed by atoms with Crippen LogP contribution in [0.2, 0.25) is 0 Å². The Morgan fingerprint density at radius 3 is 2.38 bits per heavy atom. The molecule has 0 bridgehead atoms. The zero-order chi connectivity index (χ0) is 17.5. The molecule has 0 fully saturated rings. The van der Waals surface area contributed by atoms with Gasteiger partial charge in [0.05, 0.1) is 6.61 Å². The summed E-state index contributed by atoms with van der Waals surface area (Å²) in [5.74, 6) is 1.07. The summed E-state index contributed by atoms with van der Waals surface area (Å²) in [7, 11) is 0. The molecule has 0 N–H and O–H groups in total. The summed E-state index contributed by atoms with van der Waals surface area (Å²) in [4.78, 5) is 11.4. The summed E-state index contributed by atoms with van der Waals surface area (Å²) in [6.07, 6.45) is 1.02. The van der Waals surface area contributed by atoms with Crippen molar-refractivity contribution in [2.75, 3.05) is 6.61 Å². The molecule has 124 valence electrons. The van der Waals surface area contributed by atoms with Crippen LogP contribution in [0, 0.1) is 6.92 Å². The van der Waals surface area contributed by atoms with Crippen molar-refractivity contribution in [1.29, 1.82) is 0 Å². The summed E-state index contributed by atoms with van der Waals surface area (Å²) in [6, 6.07) is 12.0. The van der Waals surface area contributed by atoms with E-state index in [9.17, 15) is 4.79 Å². The molecule has 0 radical (unpaired) electrons. The van der Waals surface area contributed by atoms with Crippen LogP contribution in [0.4, 0.5) is 0 Å². The molecule has 2 nitrogen and oxygen atoms in total. The molecule has 0 saturated heterocycles. The van der Waals surface area contributed by atoms with E-state index in [4.69, 9.17) is 4.74 Å². The third-order valence-electron chi connectivity index (χ3n) is 5.01. The van der Waals surface area contributed by atoms with E-state index < -0.39 is 0 Å². The molecule has 2 heteroatoms. The van der Waals surface area contributed by atoms with Crippen LogP contribution in [0.15, 0.2) is 43.0 Å². The first kappa shape index (κ1) is 16.5. The van der Waals surface area contributed by atoms with Crippen molar-refractivity contribution in [3.63, 3.8) is 0 Å². The molecule has 1 heterocycles. The Kier molecular flexibility index (Phi) is 4.08. The topological polar surface area (TPSA) is 26.3 Å². The highest BCUT2D eigenvalue weighted by molar-refractivity contribution is 5.94. The number of aryl methyl sites for hydroxylation is 1. The van der Waals surface area contributed by atoms with E-state index in [1.54, 1.807) is 6.92 Å². The smallest absolute Gasteiger partial charge is 0.159 e. The number of ketones is 1. The van der Waals surface area contributed by atoms with Gasteiger partial charge in [0.2, 0.25) is 0 Å². The largest absolute Gasteiger partial charge is 0.493 e. The summed E-state index contributed by atoms with van der Waals surface area (Å²) >= 11 is 0. The molecule has 1 aliphatic heterocycles. The molecule has 0 spiro atoms. The van der Waals surface area contributed by atoms with Crippen molar-refractivity contribution >= 4 is 11.4 Å². The normalized spacial score (nSPS) is 15.3. The average Bonchev–Trinajstić information content (AvgIpc) is 2.53. The van der Waals surface area contributed by atoms with Gasteiger partial charge < -0.3 is 4.74 Å². The number of fused-ring (bicyclic) bond motifs is 1. The van der Waals surface area contributed by atoms with Gasteiger partial charge in [0.25, 0.3) is 0 Å². The van der Waals surface area contributed by atoms with E-state index >= 15 is 0 Å². The third-order valence-corrected chi connectivity index (χ3v) is 5.01. The van der Waals surface area contributed by atoms with Crippen molar-refractivity contribution in [3.05, 3.63) is 70.8 Å². The van der Waals surface area contributed by atoms with Crippen LogP contribution in [0.1, 0.15) is 59.8 Å². The van der Waals surface area contributed by atoms with Gasteiger partial charge in [0.1, 0.15) is 5.75 Å². The van der Waals surface area contributed by atoms with Gasteiger partial charge >= 0.3 is 0 Å². The first-order valence-electron chi connectivity index (χ1n) is 8.38. The highest BCUT2D eigenvalue weighted by Crippen LogP contribution is 2.41. The molecule has 0 aliphatic carbocycles. The Bertz CT molecular complexity index is 811. The van der Waals surface area contributed by atoms with Crippen molar-refractivity contribution in [3.8, 4) is 5.75 Å². The predicted octanol–water partition coefficient (Wildman–Crippen LogP) is 5.32. The molecule has 0 amide bonds. The second-order valence-corrected chi connectivity index (χ2v) is 7.26. The first-order valence-corrected chi connectivity index (χ1v) is 8.38. The van der Waals surface area contributed by atoms with E-state index in [0.717, 1.165) is 46.6 Å². The number of hydrogen-bond donors (Lipinski definition) is 0. The second kappa shape index (κ2) is 5.94. The second-order valence-electron chi connectivity index (χ2n) is 7.26. The maximum absolute atomic E-state index is 11.4.